The Morgan fingerprint density at radius 2 is 1.76 bits per heavy atom. The molecule has 0 bridgehead atoms. The van der Waals surface area contributed by atoms with Crippen LogP contribution in [0, 0.1) is 11.8 Å². The number of rotatable bonds is 4. The van der Waals surface area contributed by atoms with E-state index >= 15 is 0 Å². The Kier molecular flexibility index (Phi) is 4.74. The summed E-state index contributed by atoms with van der Waals surface area (Å²) in [5.74, 6) is 0.113. The average molecular weight is 389 g/mol. The van der Waals surface area contributed by atoms with Crippen molar-refractivity contribution >= 4 is 20.0 Å². The van der Waals surface area contributed by atoms with Gasteiger partial charge in [0.1, 0.15) is 0 Å². The molecule has 1 aromatic rings. The van der Waals surface area contributed by atoms with E-state index in [0.29, 0.717) is 25.9 Å². The van der Waals surface area contributed by atoms with E-state index in [2.05, 4.69) is 0 Å². The van der Waals surface area contributed by atoms with Gasteiger partial charge in [-0.25, -0.2) is 22.0 Å². The number of primary sulfonamides is 1. The van der Waals surface area contributed by atoms with Crippen LogP contribution in [0.1, 0.15) is 32.6 Å². The third-order valence-corrected chi connectivity index (χ3v) is 8.46. The van der Waals surface area contributed by atoms with Crippen molar-refractivity contribution in [3.63, 3.8) is 0 Å². The van der Waals surface area contributed by atoms with Crippen molar-refractivity contribution in [2.75, 3.05) is 13.1 Å². The molecule has 1 aliphatic heterocycles. The van der Waals surface area contributed by atoms with Gasteiger partial charge in [0.15, 0.2) is 0 Å². The first-order valence-corrected chi connectivity index (χ1v) is 11.4. The second-order valence-electron chi connectivity index (χ2n) is 7.05. The van der Waals surface area contributed by atoms with Gasteiger partial charge in [-0.1, -0.05) is 13.3 Å². The fourth-order valence-electron chi connectivity index (χ4n) is 4.17. The quantitative estimate of drug-likeness (QED) is 0.794. The van der Waals surface area contributed by atoms with Crippen molar-refractivity contribution in [1.82, 2.24) is 4.31 Å². The van der Waals surface area contributed by atoms with Gasteiger partial charge in [0, 0.05) is 19.0 Å². The van der Waals surface area contributed by atoms with Crippen LogP contribution < -0.4 is 5.14 Å². The maximum absolute atomic E-state index is 12.9. The van der Waals surface area contributed by atoms with Gasteiger partial charge < -0.3 is 5.11 Å². The van der Waals surface area contributed by atoms with Crippen LogP contribution in [-0.4, -0.2) is 44.9 Å². The maximum Gasteiger partial charge on any atom is 0.243 e. The van der Waals surface area contributed by atoms with Crippen LogP contribution in [0.15, 0.2) is 34.1 Å². The highest BCUT2D eigenvalue weighted by atomic mass is 32.2. The lowest BCUT2D eigenvalue weighted by molar-refractivity contribution is -0.0605. The number of sulfonamides is 2. The van der Waals surface area contributed by atoms with E-state index < -0.39 is 25.6 Å². The molecule has 0 radical (unpaired) electrons. The van der Waals surface area contributed by atoms with Crippen molar-refractivity contribution < 1.29 is 21.9 Å². The first-order valence-electron chi connectivity index (χ1n) is 8.43. The molecule has 140 valence electrons. The van der Waals surface area contributed by atoms with Gasteiger partial charge in [-0.05, 0) is 49.4 Å². The fourth-order valence-corrected chi connectivity index (χ4v) is 6.21. The lowest BCUT2D eigenvalue weighted by atomic mass is 9.69. The van der Waals surface area contributed by atoms with E-state index in [0.717, 1.165) is 12.8 Å². The van der Waals surface area contributed by atoms with Gasteiger partial charge in [0.25, 0.3) is 0 Å². The van der Waals surface area contributed by atoms with E-state index in [4.69, 9.17) is 5.14 Å². The molecular formula is C16H24N2O5S2. The molecule has 25 heavy (non-hydrogen) atoms. The Labute approximate surface area is 148 Å². The normalized spacial score (nSPS) is 31.0. The molecule has 1 aromatic carbocycles. The van der Waals surface area contributed by atoms with Crippen LogP contribution >= 0.6 is 0 Å². The van der Waals surface area contributed by atoms with Crippen LogP contribution in [-0.2, 0) is 20.0 Å². The largest absolute Gasteiger partial charge is 0.390 e. The molecule has 2 aliphatic rings. The molecule has 2 fully saturated rings. The number of hydrogen-bond donors (Lipinski definition) is 2. The van der Waals surface area contributed by atoms with E-state index in [1.54, 1.807) is 0 Å². The van der Waals surface area contributed by atoms with Gasteiger partial charge in [0.2, 0.25) is 20.0 Å². The zero-order valence-electron chi connectivity index (χ0n) is 14.1. The molecular weight excluding hydrogens is 364 g/mol. The molecule has 3 N–H and O–H groups in total. The first-order chi connectivity index (χ1) is 11.6. The SMILES string of the molecule is CC[C@@]1(O)CCC[C@@H]2CN(S(=O)(=O)c3ccc(S(N)(=O)=O)cc3)C[C@@H]21. The summed E-state index contributed by atoms with van der Waals surface area (Å²) in [6.45, 7) is 2.63. The molecule has 0 aromatic heterocycles. The summed E-state index contributed by atoms with van der Waals surface area (Å²) in [4.78, 5) is -0.0829. The van der Waals surface area contributed by atoms with E-state index in [1.807, 2.05) is 6.92 Å². The summed E-state index contributed by atoms with van der Waals surface area (Å²) in [6, 6.07) is 4.94. The summed E-state index contributed by atoms with van der Waals surface area (Å²) in [5.41, 5.74) is -0.801. The molecule has 3 rings (SSSR count). The zero-order chi connectivity index (χ0) is 18.5. The minimum Gasteiger partial charge on any atom is -0.390 e. The summed E-state index contributed by atoms with van der Waals surface area (Å²) >= 11 is 0. The van der Waals surface area contributed by atoms with E-state index in [9.17, 15) is 21.9 Å². The standard InChI is InChI=1S/C16H24N2O5S2/c1-2-16(19)9-3-4-12-10-18(11-15(12)16)25(22,23)14-7-5-13(6-8-14)24(17,20)21/h5-8,12,15,19H,2-4,9-11H2,1H3,(H2,17,20,21)/t12-,15+,16-/m1/s1. The highest BCUT2D eigenvalue weighted by Crippen LogP contribution is 2.45. The topological polar surface area (TPSA) is 118 Å². The third kappa shape index (κ3) is 3.35. The summed E-state index contributed by atoms with van der Waals surface area (Å²) < 4.78 is 49.9. The number of hydrogen-bond acceptors (Lipinski definition) is 5. The molecule has 0 amide bonds. The second-order valence-corrected chi connectivity index (χ2v) is 10.6. The Morgan fingerprint density at radius 1 is 1.16 bits per heavy atom. The molecule has 9 heteroatoms. The Balaban J connectivity index is 1.86. The molecule has 1 saturated carbocycles. The number of nitrogens with zero attached hydrogens (tertiary/aromatic N) is 1. The monoisotopic (exact) mass is 388 g/mol. The summed E-state index contributed by atoms with van der Waals surface area (Å²) in [5, 5.41) is 15.9. The maximum atomic E-state index is 12.9. The molecule has 1 saturated heterocycles. The van der Waals surface area contributed by atoms with Crippen LogP contribution in [0.3, 0.4) is 0 Å². The predicted molar refractivity (Wildman–Crippen MR) is 92.6 cm³/mol. The summed E-state index contributed by atoms with van der Waals surface area (Å²) in [7, 11) is -7.59. The lowest BCUT2D eigenvalue weighted by Gasteiger charge is -2.40. The van der Waals surface area contributed by atoms with Crippen molar-refractivity contribution in [2.45, 2.75) is 48.0 Å². The second kappa shape index (κ2) is 6.31. The Hall–Kier alpha value is -1.00. The fraction of sp³-hybridized carbons (Fsp3) is 0.625. The first kappa shape index (κ1) is 18.8. The minimum atomic E-state index is -3.86. The average Bonchev–Trinajstić information content (AvgIpc) is 3.01. The van der Waals surface area contributed by atoms with Gasteiger partial charge in [-0.15, -0.1) is 0 Å². The molecule has 3 atom stereocenters. The van der Waals surface area contributed by atoms with Gasteiger partial charge >= 0.3 is 0 Å². The number of benzene rings is 1. The highest BCUT2D eigenvalue weighted by Gasteiger charge is 2.50. The zero-order valence-corrected chi connectivity index (χ0v) is 15.8. The molecule has 0 spiro atoms. The van der Waals surface area contributed by atoms with Crippen molar-refractivity contribution in [3.8, 4) is 0 Å². The van der Waals surface area contributed by atoms with Crippen molar-refractivity contribution in [3.05, 3.63) is 24.3 Å². The van der Waals surface area contributed by atoms with Crippen LogP contribution in [0.2, 0.25) is 0 Å². The smallest absolute Gasteiger partial charge is 0.243 e. The number of aliphatic hydroxyl groups is 1. The number of fused-ring (bicyclic) bond motifs is 1. The summed E-state index contributed by atoms with van der Waals surface area (Å²) in [6.07, 6.45) is 3.15. The molecule has 1 aliphatic carbocycles. The highest BCUT2D eigenvalue weighted by molar-refractivity contribution is 7.89. The Bertz CT molecular complexity index is 851. The lowest BCUT2D eigenvalue weighted by Crippen LogP contribution is -2.44. The van der Waals surface area contributed by atoms with Gasteiger partial charge in [-0.3, -0.25) is 0 Å². The molecule has 0 unspecified atom stereocenters. The van der Waals surface area contributed by atoms with Gasteiger partial charge in [-0.2, -0.15) is 4.31 Å². The number of nitrogens with two attached hydrogens (primary N) is 1. The van der Waals surface area contributed by atoms with Crippen molar-refractivity contribution in [1.29, 1.82) is 0 Å². The van der Waals surface area contributed by atoms with Crippen molar-refractivity contribution in [2.24, 2.45) is 17.0 Å². The molecule has 7 nitrogen and oxygen atoms in total. The minimum absolute atomic E-state index is 0.0404. The van der Waals surface area contributed by atoms with Crippen LogP contribution in [0.5, 0.6) is 0 Å². The predicted octanol–water partition coefficient (Wildman–Crippen LogP) is 0.896. The van der Waals surface area contributed by atoms with E-state index in [1.165, 1.54) is 28.6 Å². The molecule has 1 heterocycles. The Morgan fingerprint density at radius 3 is 2.32 bits per heavy atom. The van der Waals surface area contributed by atoms with Crippen LogP contribution in [0.25, 0.3) is 0 Å². The van der Waals surface area contributed by atoms with Gasteiger partial charge in [0.05, 0.1) is 15.4 Å². The third-order valence-electron chi connectivity index (χ3n) is 5.68. The van der Waals surface area contributed by atoms with E-state index in [-0.39, 0.29) is 21.6 Å². The van der Waals surface area contributed by atoms with Crippen LogP contribution in [0.4, 0.5) is 0 Å².